The highest BCUT2D eigenvalue weighted by Gasteiger charge is 2.28. The normalized spacial score (nSPS) is 13.9. The first-order chi connectivity index (χ1) is 16.2. The molecule has 10 heteroatoms. The number of nitrogens with zero attached hydrogens (tertiary/aromatic N) is 3. The van der Waals surface area contributed by atoms with E-state index < -0.39 is 10.0 Å². The van der Waals surface area contributed by atoms with Gasteiger partial charge in [0.15, 0.2) is 0 Å². The highest BCUT2D eigenvalue weighted by atomic mass is 32.2. The van der Waals surface area contributed by atoms with Gasteiger partial charge in [0.2, 0.25) is 15.9 Å². The van der Waals surface area contributed by atoms with Crippen LogP contribution >= 0.6 is 0 Å². The summed E-state index contributed by atoms with van der Waals surface area (Å²) in [6.07, 6.45) is 2.24. The quantitative estimate of drug-likeness (QED) is 0.500. The van der Waals surface area contributed by atoms with Crippen molar-refractivity contribution in [3.8, 4) is 5.75 Å². The molecule has 4 rings (SSSR count). The van der Waals surface area contributed by atoms with Crippen LogP contribution in [0, 0.1) is 0 Å². The van der Waals surface area contributed by atoms with E-state index in [0.717, 1.165) is 17.1 Å². The highest BCUT2D eigenvalue weighted by molar-refractivity contribution is 7.89. The maximum atomic E-state index is 13.0. The molecule has 0 aliphatic heterocycles. The van der Waals surface area contributed by atoms with Gasteiger partial charge in [0.1, 0.15) is 16.5 Å². The van der Waals surface area contributed by atoms with Crippen molar-refractivity contribution in [2.75, 3.05) is 26.0 Å². The number of amides is 1. The standard InChI is InChI=1S/C24H28N4O5S/c1-4-33-20-12-9-16(15-21(20)34(31,32)27(2)3)25-23(29)14-13-22-26-19-8-6-5-7-18(19)24(30)28(22)17-10-11-17/h5-9,12,15,17H,4,10-11,13-14H2,1-3H3,(H,25,29). The summed E-state index contributed by atoms with van der Waals surface area (Å²) in [6.45, 7) is 2.08. The van der Waals surface area contributed by atoms with E-state index in [-0.39, 0.29) is 34.6 Å². The van der Waals surface area contributed by atoms with Crippen LogP contribution in [0.5, 0.6) is 5.75 Å². The van der Waals surface area contributed by atoms with E-state index in [0.29, 0.717) is 35.4 Å². The van der Waals surface area contributed by atoms with Crippen LogP contribution < -0.4 is 15.6 Å². The van der Waals surface area contributed by atoms with Gasteiger partial charge in [-0.1, -0.05) is 12.1 Å². The number of hydrogen-bond donors (Lipinski definition) is 1. The molecule has 180 valence electrons. The lowest BCUT2D eigenvalue weighted by Gasteiger charge is -2.17. The SMILES string of the molecule is CCOc1ccc(NC(=O)CCc2nc3ccccc3c(=O)n2C2CC2)cc1S(=O)(=O)N(C)C. The third kappa shape index (κ3) is 4.83. The second-order valence-corrected chi connectivity index (χ2v) is 10.5. The molecule has 34 heavy (non-hydrogen) atoms. The van der Waals surface area contributed by atoms with Gasteiger partial charge < -0.3 is 10.1 Å². The summed E-state index contributed by atoms with van der Waals surface area (Å²) in [4.78, 5) is 30.3. The first-order valence-corrected chi connectivity index (χ1v) is 12.7. The van der Waals surface area contributed by atoms with Gasteiger partial charge in [0, 0.05) is 38.7 Å². The lowest BCUT2D eigenvalue weighted by molar-refractivity contribution is -0.116. The Morgan fingerprint density at radius 2 is 1.94 bits per heavy atom. The smallest absolute Gasteiger partial charge is 0.261 e. The summed E-state index contributed by atoms with van der Waals surface area (Å²) in [7, 11) is -0.895. The molecule has 0 spiro atoms. The van der Waals surface area contributed by atoms with Crippen LogP contribution in [0.3, 0.4) is 0 Å². The second-order valence-electron chi connectivity index (χ2n) is 8.38. The molecule has 1 aliphatic carbocycles. The van der Waals surface area contributed by atoms with Crippen molar-refractivity contribution in [2.45, 2.75) is 43.5 Å². The van der Waals surface area contributed by atoms with Crippen molar-refractivity contribution in [1.82, 2.24) is 13.9 Å². The minimum atomic E-state index is -3.77. The third-order valence-corrected chi connectivity index (χ3v) is 7.49. The Morgan fingerprint density at radius 3 is 2.62 bits per heavy atom. The molecule has 0 radical (unpaired) electrons. The molecular formula is C24H28N4O5S. The Hall–Kier alpha value is -3.24. The Balaban J connectivity index is 1.55. The van der Waals surface area contributed by atoms with Gasteiger partial charge in [-0.15, -0.1) is 0 Å². The van der Waals surface area contributed by atoms with Crippen molar-refractivity contribution >= 4 is 32.5 Å². The number of carbonyl (C=O) groups excluding carboxylic acids is 1. The predicted octanol–water partition coefficient (Wildman–Crippen LogP) is 2.95. The number of para-hydroxylation sites is 1. The fraction of sp³-hybridized carbons (Fsp3) is 0.375. The number of nitrogens with one attached hydrogen (secondary N) is 1. The van der Waals surface area contributed by atoms with Gasteiger partial charge in [0.25, 0.3) is 5.56 Å². The summed E-state index contributed by atoms with van der Waals surface area (Å²) in [5, 5.41) is 3.33. The summed E-state index contributed by atoms with van der Waals surface area (Å²) >= 11 is 0. The molecule has 1 aromatic heterocycles. The van der Waals surface area contributed by atoms with E-state index in [4.69, 9.17) is 4.74 Å². The van der Waals surface area contributed by atoms with Gasteiger partial charge in [-0.05, 0) is 50.1 Å². The molecular weight excluding hydrogens is 456 g/mol. The lowest BCUT2D eigenvalue weighted by atomic mass is 10.2. The number of sulfonamides is 1. The zero-order valence-electron chi connectivity index (χ0n) is 19.4. The number of aryl methyl sites for hydroxylation is 1. The number of fused-ring (bicyclic) bond motifs is 1. The van der Waals surface area contributed by atoms with Crippen LogP contribution in [0.1, 0.15) is 38.1 Å². The predicted molar refractivity (Wildman–Crippen MR) is 130 cm³/mol. The van der Waals surface area contributed by atoms with E-state index >= 15 is 0 Å². The topological polar surface area (TPSA) is 111 Å². The van der Waals surface area contributed by atoms with E-state index in [1.54, 1.807) is 29.7 Å². The zero-order valence-corrected chi connectivity index (χ0v) is 20.3. The van der Waals surface area contributed by atoms with Crippen LogP contribution in [0.25, 0.3) is 10.9 Å². The van der Waals surface area contributed by atoms with Crippen molar-refractivity contribution in [3.05, 3.63) is 58.6 Å². The number of benzene rings is 2. The first kappa shape index (κ1) is 23.9. The van der Waals surface area contributed by atoms with Gasteiger partial charge in [-0.2, -0.15) is 0 Å². The average Bonchev–Trinajstić information content (AvgIpc) is 3.64. The maximum absolute atomic E-state index is 13.0. The summed E-state index contributed by atoms with van der Waals surface area (Å²) in [6, 6.07) is 11.9. The fourth-order valence-corrected chi connectivity index (χ4v) is 4.84. The van der Waals surface area contributed by atoms with Gasteiger partial charge in [-0.3, -0.25) is 14.2 Å². The number of hydrogen-bond acceptors (Lipinski definition) is 6. The summed E-state index contributed by atoms with van der Waals surface area (Å²) in [5.41, 5.74) is 0.887. The van der Waals surface area contributed by atoms with E-state index in [2.05, 4.69) is 10.3 Å². The first-order valence-electron chi connectivity index (χ1n) is 11.2. The molecule has 0 bridgehead atoms. The molecule has 1 N–H and O–H groups in total. The average molecular weight is 485 g/mol. The van der Waals surface area contributed by atoms with Gasteiger partial charge in [0.05, 0.1) is 17.5 Å². The molecule has 1 saturated carbocycles. The number of aromatic nitrogens is 2. The van der Waals surface area contributed by atoms with Gasteiger partial charge >= 0.3 is 0 Å². The number of rotatable bonds is 9. The minimum absolute atomic E-state index is 0.0177. The molecule has 1 fully saturated rings. The maximum Gasteiger partial charge on any atom is 0.261 e. The Kier molecular flexibility index (Phi) is 6.72. The van der Waals surface area contributed by atoms with Crippen LogP contribution in [0.4, 0.5) is 5.69 Å². The van der Waals surface area contributed by atoms with E-state index in [1.165, 1.54) is 26.2 Å². The Labute approximate surface area is 198 Å². The minimum Gasteiger partial charge on any atom is -0.492 e. The van der Waals surface area contributed by atoms with Crippen LogP contribution in [-0.4, -0.2) is 48.9 Å². The summed E-state index contributed by atoms with van der Waals surface area (Å²) in [5.74, 6) is 0.508. The Bertz CT molecular complexity index is 1390. The molecule has 1 aliphatic rings. The van der Waals surface area contributed by atoms with Crippen LogP contribution in [0.2, 0.25) is 0 Å². The van der Waals surface area contributed by atoms with Crippen LogP contribution in [0.15, 0.2) is 52.2 Å². The number of anilines is 1. The van der Waals surface area contributed by atoms with Crippen molar-refractivity contribution in [2.24, 2.45) is 0 Å². The molecule has 2 aromatic carbocycles. The largest absolute Gasteiger partial charge is 0.492 e. The zero-order chi connectivity index (χ0) is 24.5. The monoisotopic (exact) mass is 484 g/mol. The highest BCUT2D eigenvalue weighted by Crippen LogP contribution is 2.35. The molecule has 0 unspecified atom stereocenters. The molecule has 0 saturated heterocycles. The fourth-order valence-electron chi connectivity index (χ4n) is 3.79. The molecule has 1 heterocycles. The molecule has 3 aromatic rings. The van der Waals surface area contributed by atoms with Crippen molar-refractivity contribution < 1.29 is 17.9 Å². The van der Waals surface area contributed by atoms with Crippen molar-refractivity contribution in [3.63, 3.8) is 0 Å². The van der Waals surface area contributed by atoms with E-state index in [9.17, 15) is 18.0 Å². The lowest BCUT2D eigenvalue weighted by Crippen LogP contribution is -2.25. The number of ether oxygens (including phenoxy) is 1. The Morgan fingerprint density at radius 1 is 1.21 bits per heavy atom. The van der Waals surface area contributed by atoms with Gasteiger partial charge in [-0.25, -0.2) is 17.7 Å². The van der Waals surface area contributed by atoms with Crippen molar-refractivity contribution in [1.29, 1.82) is 0 Å². The second kappa shape index (κ2) is 9.55. The summed E-state index contributed by atoms with van der Waals surface area (Å²) < 4.78 is 33.7. The molecule has 9 nitrogen and oxygen atoms in total. The molecule has 1 amide bonds. The number of carbonyl (C=O) groups is 1. The molecule has 0 atom stereocenters. The van der Waals surface area contributed by atoms with E-state index in [1.807, 2.05) is 12.1 Å². The van der Waals surface area contributed by atoms with Crippen LogP contribution in [-0.2, 0) is 21.2 Å². The third-order valence-electron chi connectivity index (χ3n) is 5.65.